The van der Waals surface area contributed by atoms with Gasteiger partial charge in [-0.25, -0.2) is 4.98 Å². The van der Waals surface area contributed by atoms with Crippen molar-refractivity contribution in [3.63, 3.8) is 0 Å². The summed E-state index contributed by atoms with van der Waals surface area (Å²) < 4.78 is 52.9. The van der Waals surface area contributed by atoms with E-state index in [-0.39, 0.29) is 5.88 Å². The van der Waals surface area contributed by atoms with Gasteiger partial charge in [0.1, 0.15) is 5.75 Å². The molecule has 0 unspecified atom stereocenters. The summed E-state index contributed by atoms with van der Waals surface area (Å²) in [6, 6.07) is 6.86. The number of nitrogens with zero attached hydrogens (tertiary/aromatic N) is 1. The maximum absolute atomic E-state index is 12.4. The van der Waals surface area contributed by atoms with Crippen LogP contribution in [-0.4, -0.2) is 19.2 Å². The molecule has 112 valence electrons. The Bertz CT molecular complexity index is 612. The molecule has 1 aromatic heterocycles. The van der Waals surface area contributed by atoms with Crippen molar-refractivity contribution >= 4 is 0 Å². The van der Waals surface area contributed by atoms with E-state index < -0.39 is 11.7 Å². The second-order valence-electron chi connectivity index (χ2n) is 4.00. The predicted octanol–water partition coefficient (Wildman–Crippen LogP) is 3.91. The van der Waals surface area contributed by atoms with Gasteiger partial charge in [-0.15, -0.1) is 0 Å². The van der Waals surface area contributed by atoms with Crippen molar-refractivity contribution in [3.05, 3.63) is 42.1 Å². The van der Waals surface area contributed by atoms with Crippen LogP contribution < -0.4 is 14.2 Å². The van der Waals surface area contributed by atoms with Crippen molar-refractivity contribution in [1.29, 1.82) is 0 Å². The van der Waals surface area contributed by atoms with Gasteiger partial charge in [0.15, 0.2) is 11.5 Å². The van der Waals surface area contributed by atoms with E-state index in [2.05, 4.69) is 4.98 Å². The molecule has 0 aliphatic rings. The molecule has 4 nitrogen and oxygen atoms in total. The number of hydrogen-bond donors (Lipinski definition) is 0. The maximum Gasteiger partial charge on any atom is 0.417 e. The Kier molecular flexibility index (Phi) is 4.21. The van der Waals surface area contributed by atoms with Crippen LogP contribution in [0.25, 0.3) is 0 Å². The van der Waals surface area contributed by atoms with Crippen molar-refractivity contribution in [2.45, 2.75) is 6.18 Å². The van der Waals surface area contributed by atoms with Crippen LogP contribution in [-0.2, 0) is 6.18 Å². The number of ether oxygens (including phenoxy) is 3. The molecule has 7 heteroatoms. The monoisotopic (exact) mass is 299 g/mol. The van der Waals surface area contributed by atoms with Gasteiger partial charge < -0.3 is 14.2 Å². The smallest absolute Gasteiger partial charge is 0.417 e. The van der Waals surface area contributed by atoms with Gasteiger partial charge in [-0.3, -0.25) is 0 Å². The minimum absolute atomic E-state index is 0.0338. The van der Waals surface area contributed by atoms with Crippen molar-refractivity contribution in [2.24, 2.45) is 0 Å². The van der Waals surface area contributed by atoms with E-state index in [9.17, 15) is 13.2 Å². The molecule has 0 saturated heterocycles. The molecule has 0 aliphatic carbocycles. The molecule has 0 saturated carbocycles. The Morgan fingerprint density at radius 1 is 0.952 bits per heavy atom. The highest BCUT2D eigenvalue weighted by atomic mass is 19.4. The highest BCUT2D eigenvalue weighted by molar-refractivity contribution is 5.47. The summed E-state index contributed by atoms with van der Waals surface area (Å²) in [7, 11) is 2.95. The average molecular weight is 299 g/mol. The van der Waals surface area contributed by atoms with Gasteiger partial charge in [0.25, 0.3) is 0 Å². The fourth-order valence-corrected chi connectivity index (χ4v) is 1.58. The van der Waals surface area contributed by atoms with Gasteiger partial charge in [-0.1, -0.05) is 0 Å². The molecule has 0 aliphatic heterocycles. The van der Waals surface area contributed by atoms with Crippen LogP contribution in [0.15, 0.2) is 36.5 Å². The van der Waals surface area contributed by atoms with Crippen LogP contribution in [0.3, 0.4) is 0 Å². The van der Waals surface area contributed by atoms with E-state index in [1.165, 1.54) is 14.2 Å². The van der Waals surface area contributed by atoms with Crippen LogP contribution >= 0.6 is 0 Å². The molecule has 0 N–H and O–H groups in total. The first-order valence-electron chi connectivity index (χ1n) is 5.87. The molecule has 2 aromatic rings. The van der Waals surface area contributed by atoms with Crippen molar-refractivity contribution in [2.75, 3.05) is 14.2 Å². The van der Waals surface area contributed by atoms with Crippen LogP contribution in [0.4, 0.5) is 13.2 Å². The van der Waals surface area contributed by atoms with E-state index in [0.717, 1.165) is 12.1 Å². The summed E-state index contributed by atoms with van der Waals surface area (Å²) in [5.41, 5.74) is -0.837. The van der Waals surface area contributed by atoms with Crippen LogP contribution in [0.1, 0.15) is 5.56 Å². The molecule has 1 heterocycles. The summed E-state index contributed by atoms with van der Waals surface area (Å²) >= 11 is 0. The lowest BCUT2D eigenvalue weighted by molar-refractivity contribution is -0.137. The van der Waals surface area contributed by atoms with Crippen LogP contribution in [0, 0.1) is 0 Å². The van der Waals surface area contributed by atoms with E-state index in [1.54, 1.807) is 18.2 Å². The van der Waals surface area contributed by atoms with Crippen molar-refractivity contribution < 1.29 is 27.4 Å². The van der Waals surface area contributed by atoms with Crippen molar-refractivity contribution in [1.82, 2.24) is 4.98 Å². The standard InChI is InChI=1S/C14H12F3NO3/c1-19-10-4-5-11(12(7-10)20-2)21-13-6-3-9(8-18-13)14(15,16)17/h3-8H,1-2H3. The zero-order valence-corrected chi connectivity index (χ0v) is 11.3. The number of rotatable bonds is 4. The van der Waals surface area contributed by atoms with Gasteiger partial charge >= 0.3 is 6.18 Å². The second kappa shape index (κ2) is 5.90. The van der Waals surface area contributed by atoms with E-state index in [4.69, 9.17) is 14.2 Å². The van der Waals surface area contributed by atoms with Gasteiger partial charge in [-0.05, 0) is 18.2 Å². The van der Waals surface area contributed by atoms with Gasteiger partial charge in [0, 0.05) is 18.3 Å². The molecule has 0 amide bonds. The minimum atomic E-state index is -4.43. The Balaban J connectivity index is 2.22. The fraction of sp³-hybridized carbons (Fsp3) is 0.214. The zero-order valence-electron chi connectivity index (χ0n) is 11.3. The molecule has 2 rings (SSSR count). The van der Waals surface area contributed by atoms with Crippen molar-refractivity contribution in [3.8, 4) is 23.1 Å². The number of halogens is 3. The zero-order chi connectivity index (χ0) is 15.5. The number of benzene rings is 1. The first-order valence-corrected chi connectivity index (χ1v) is 5.87. The quantitative estimate of drug-likeness (QED) is 0.858. The summed E-state index contributed by atoms with van der Waals surface area (Å²) in [5, 5.41) is 0. The minimum Gasteiger partial charge on any atom is -0.497 e. The number of methoxy groups -OCH3 is 2. The Morgan fingerprint density at radius 2 is 1.71 bits per heavy atom. The Hall–Kier alpha value is -2.44. The van der Waals surface area contributed by atoms with Gasteiger partial charge in [0.05, 0.1) is 19.8 Å². The lowest BCUT2D eigenvalue weighted by Crippen LogP contribution is -2.05. The average Bonchev–Trinajstić information content (AvgIpc) is 2.47. The second-order valence-corrected chi connectivity index (χ2v) is 4.00. The van der Waals surface area contributed by atoms with E-state index in [0.29, 0.717) is 23.4 Å². The molecule has 0 atom stereocenters. The summed E-state index contributed by atoms with van der Waals surface area (Å²) in [6.45, 7) is 0. The lowest BCUT2D eigenvalue weighted by atomic mass is 10.3. The molecule has 0 bridgehead atoms. The topological polar surface area (TPSA) is 40.6 Å². The Labute approximate surface area is 119 Å². The van der Waals surface area contributed by atoms with Crippen LogP contribution in [0.2, 0.25) is 0 Å². The molecule has 0 spiro atoms. The number of alkyl halides is 3. The highest BCUT2D eigenvalue weighted by Crippen LogP contribution is 2.35. The number of pyridine rings is 1. The molecular formula is C14H12F3NO3. The first-order chi connectivity index (χ1) is 9.94. The largest absolute Gasteiger partial charge is 0.497 e. The fourth-order valence-electron chi connectivity index (χ4n) is 1.58. The van der Waals surface area contributed by atoms with E-state index >= 15 is 0 Å². The highest BCUT2D eigenvalue weighted by Gasteiger charge is 2.30. The summed E-state index contributed by atoms with van der Waals surface area (Å²) in [5.74, 6) is 1.31. The third-order valence-corrected chi connectivity index (χ3v) is 2.65. The molecule has 21 heavy (non-hydrogen) atoms. The first kappa shape index (κ1) is 15.0. The van der Waals surface area contributed by atoms with Gasteiger partial charge in [-0.2, -0.15) is 13.2 Å². The van der Waals surface area contributed by atoms with Gasteiger partial charge in [0.2, 0.25) is 5.88 Å². The predicted molar refractivity (Wildman–Crippen MR) is 68.9 cm³/mol. The Morgan fingerprint density at radius 3 is 2.24 bits per heavy atom. The van der Waals surface area contributed by atoms with Crippen LogP contribution in [0.5, 0.6) is 23.1 Å². The molecule has 1 aromatic carbocycles. The number of aromatic nitrogens is 1. The summed E-state index contributed by atoms with van der Waals surface area (Å²) in [6.07, 6.45) is -3.71. The lowest BCUT2D eigenvalue weighted by Gasteiger charge is -2.11. The molecule has 0 fully saturated rings. The third-order valence-electron chi connectivity index (χ3n) is 2.65. The number of hydrogen-bond acceptors (Lipinski definition) is 4. The molecular weight excluding hydrogens is 287 g/mol. The normalized spacial score (nSPS) is 11.1. The van der Waals surface area contributed by atoms with E-state index in [1.807, 2.05) is 0 Å². The SMILES string of the molecule is COc1ccc(Oc2ccc(C(F)(F)F)cn2)c(OC)c1. The summed E-state index contributed by atoms with van der Waals surface area (Å²) in [4.78, 5) is 3.63. The maximum atomic E-state index is 12.4. The third kappa shape index (κ3) is 3.56. The molecule has 0 radical (unpaired) electrons.